The van der Waals surface area contributed by atoms with Gasteiger partial charge in [-0.25, -0.2) is 8.42 Å². The average molecular weight is 470 g/mol. The summed E-state index contributed by atoms with van der Waals surface area (Å²) in [7, 11) is -3.53. The van der Waals surface area contributed by atoms with Crippen molar-refractivity contribution in [1.82, 2.24) is 4.31 Å². The third-order valence-corrected chi connectivity index (χ3v) is 8.07. The Kier molecular flexibility index (Phi) is 6.90. The molecule has 0 radical (unpaired) electrons. The predicted octanol–water partition coefficient (Wildman–Crippen LogP) is 4.27. The first-order chi connectivity index (χ1) is 15.9. The highest BCUT2D eigenvalue weighted by atomic mass is 32.2. The summed E-state index contributed by atoms with van der Waals surface area (Å²) in [5, 5.41) is 11.6. The monoisotopic (exact) mass is 469 g/mol. The van der Waals surface area contributed by atoms with Crippen LogP contribution in [0.2, 0.25) is 0 Å². The molecule has 4 rings (SSSR count). The number of carbonyl (C=O) groups is 1. The van der Waals surface area contributed by atoms with E-state index in [1.54, 1.807) is 18.2 Å². The maximum atomic E-state index is 12.6. The Bertz CT molecular complexity index is 1160. The van der Waals surface area contributed by atoms with Crippen LogP contribution in [-0.4, -0.2) is 49.6 Å². The lowest BCUT2D eigenvalue weighted by atomic mass is 10.1. The highest BCUT2D eigenvalue weighted by Crippen LogP contribution is 2.31. The van der Waals surface area contributed by atoms with E-state index in [2.05, 4.69) is 0 Å². The van der Waals surface area contributed by atoms with Crippen LogP contribution in [0.5, 0.6) is 0 Å². The van der Waals surface area contributed by atoms with Crippen LogP contribution >= 0.6 is 0 Å². The number of hydrogen-bond acceptors (Lipinski definition) is 6. The Morgan fingerprint density at radius 3 is 2.18 bits per heavy atom. The molecule has 0 unspecified atom stereocenters. The highest BCUT2D eigenvalue weighted by Gasteiger charge is 2.27. The molecule has 2 fully saturated rings. The van der Waals surface area contributed by atoms with Gasteiger partial charge in [0.25, 0.3) is 5.69 Å². The molecule has 0 bridgehead atoms. The molecule has 2 aliphatic heterocycles. The number of hydrogen-bond donors (Lipinski definition) is 0. The lowest BCUT2D eigenvalue weighted by Crippen LogP contribution is -2.29. The maximum Gasteiger partial charge on any atom is 0.293 e. The molecule has 174 valence electrons. The number of ketones is 1. The lowest BCUT2D eigenvalue weighted by molar-refractivity contribution is -0.384. The molecule has 2 aromatic rings. The van der Waals surface area contributed by atoms with E-state index in [1.165, 1.54) is 40.7 Å². The molecule has 2 aromatic carbocycles. The number of carbonyl (C=O) groups excluding carboxylic acids is 1. The number of piperidine rings is 1. The molecular formula is C24H27N3O5S. The van der Waals surface area contributed by atoms with Gasteiger partial charge in [-0.2, -0.15) is 4.31 Å². The third-order valence-electron chi connectivity index (χ3n) is 6.16. The second-order valence-corrected chi connectivity index (χ2v) is 10.3. The number of sulfonamides is 1. The van der Waals surface area contributed by atoms with Gasteiger partial charge in [-0.1, -0.05) is 12.1 Å². The standard InChI is InChI=1S/C24H27N3O5S/c28-24(20-8-10-21(11-9-20)33(31,32)26-16-4-5-17-26)13-7-19-6-12-22(23(18-19)27(29)30)25-14-2-1-3-15-25/h6-13,18H,1-5,14-17H2/b13-7+. The zero-order valence-corrected chi connectivity index (χ0v) is 19.2. The number of benzene rings is 2. The fourth-order valence-electron chi connectivity index (χ4n) is 4.33. The van der Waals surface area contributed by atoms with Gasteiger partial charge in [-0.3, -0.25) is 14.9 Å². The largest absolute Gasteiger partial charge is 0.366 e. The van der Waals surface area contributed by atoms with Crippen LogP contribution < -0.4 is 4.90 Å². The van der Waals surface area contributed by atoms with Crippen molar-refractivity contribution >= 4 is 33.3 Å². The van der Waals surface area contributed by atoms with Crippen molar-refractivity contribution < 1.29 is 18.1 Å². The van der Waals surface area contributed by atoms with Crippen molar-refractivity contribution in [3.8, 4) is 0 Å². The maximum absolute atomic E-state index is 12.6. The van der Waals surface area contributed by atoms with Crippen LogP contribution in [0, 0.1) is 10.1 Å². The van der Waals surface area contributed by atoms with Gasteiger partial charge in [0.05, 0.1) is 9.82 Å². The van der Waals surface area contributed by atoms with E-state index in [9.17, 15) is 23.3 Å². The smallest absolute Gasteiger partial charge is 0.293 e. The summed E-state index contributed by atoms with van der Waals surface area (Å²) in [5.41, 5.74) is 1.55. The molecule has 2 saturated heterocycles. The van der Waals surface area contributed by atoms with E-state index in [0.717, 1.165) is 45.2 Å². The lowest BCUT2D eigenvalue weighted by Gasteiger charge is -2.28. The molecule has 2 heterocycles. The van der Waals surface area contributed by atoms with Crippen molar-refractivity contribution in [2.75, 3.05) is 31.1 Å². The molecule has 8 nitrogen and oxygen atoms in total. The number of allylic oxidation sites excluding steroid dienone is 1. The van der Waals surface area contributed by atoms with E-state index in [4.69, 9.17) is 0 Å². The third kappa shape index (κ3) is 5.15. The minimum atomic E-state index is -3.53. The second-order valence-electron chi connectivity index (χ2n) is 8.39. The van der Waals surface area contributed by atoms with Crippen LogP contribution in [-0.2, 0) is 10.0 Å². The van der Waals surface area contributed by atoms with Crippen molar-refractivity contribution in [3.63, 3.8) is 0 Å². The van der Waals surface area contributed by atoms with Crippen molar-refractivity contribution in [2.45, 2.75) is 37.0 Å². The molecule has 0 spiro atoms. The first-order valence-corrected chi connectivity index (χ1v) is 12.7. The normalized spacial score (nSPS) is 17.5. The number of nitrogens with zero attached hydrogens (tertiary/aromatic N) is 3. The van der Waals surface area contributed by atoms with Gasteiger partial charge >= 0.3 is 0 Å². The number of anilines is 1. The summed E-state index contributed by atoms with van der Waals surface area (Å²) in [6.45, 7) is 2.65. The number of rotatable bonds is 7. The second kappa shape index (κ2) is 9.84. The van der Waals surface area contributed by atoms with Crippen LogP contribution in [0.15, 0.2) is 53.4 Å². The quantitative estimate of drug-likeness (QED) is 0.260. The predicted molar refractivity (Wildman–Crippen MR) is 127 cm³/mol. The fraction of sp³-hybridized carbons (Fsp3) is 0.375. The van der Waals surface area contributed by atoms with Crippen molar-refractivity contribution in [1.29, 1.82) is 0 Å². The molecule has 2 aliphatic rings. The summed E-state index contributed by atoms with van der Waals surface area (Å²) < 4.78 is 26.7. The zero-order valence-electron chi connectivity index (χ0n) is 18.4. The number of nitro benzene ring substituents is 1. The Balaban J connectivity index is 1.49. The summed E-state index contributed by atoms with van der Waals surface area (Å²) >= 11 is 0. The molecule has 0 aliphatic carbocycles. The van der Waals surface area contributed by atoms with E-state index in [0.29, 0.717) is 29.9 Å². The van der Waals surface area contributed by atoms with Crippen LogP contribution in [0.1, 0.15) is 48.0 Å². The summed E-state index contributed by atoms with van der Waals surface area (Å²) in [6, 6.07) is 10.9. The molecule has 0 atom stereocenters. The number of nitro groups is 1. The zero-order chi connectivity index (χ0) is 23.4. The average Bonchev–Trinajstić information content (AvgIpc) is 3.39. The fourth-order valence-corrected chi connectivity index (χ4v) is 5.85. The minimum Gasteiger partial charge on any atom is -0.366 e. The first-order valence-electron chi connectivity index (χ1n) is 11.2. The molecular weight excluding hydrogens is 442 g/mol. The van der Waals surface area contributed by atoms with Gasteiger partial charge in [0, 0.05) is 37.8 Å². The van der Waals surface area contributed by atoms with Crippen molar-refractivity contribution in [2.24, 2.45) is 0 Å². The Morgan fingerprint density at radius 1 is 0.909 bits per heavy atom. The van der Waals surface area contributed by atoms with Gasteiger partial charge < -0.3 is 4.90 Å². The van der Waals surface area contributed by atoms with Gasteiger partial charge in [-0.05, 0) is 74.1 Å². The van der Waals surface area contributed by atoms with E-state index in [-0.39, 0.29) is 21.3 Å². The Labute approximate surface area is 193 Å². The van der Waals surface area contributed by atoms with Gasteiger partial charge in [0.15, 0.2) is 5.78 Å². The Hall–Kier alpha value is -3.04. The van der Waals surface area contributed by atoms with Crippen LogP contribution in [0.25, 0.3) is 6.08 Å². The van der Waals surface area contributed by atoms with Gasteiger partial charge in [0.1, 0.15) is 5.69 Å². The molecule has 0 saturated carbocycles. The highest BCUT2D eigenvalue weighted by molar-refractivity contribution is 7.89. The summed E-state index contributed by atoms with van der Waals surface area (Å²) in [5.74, 6) is -0.303. The summed E-state index contributed by atoms with van der Waals surface area (Å²) in [6.07, 6.45) is 7.79. The Morgan fingerprint density at radius 2 is 1.55 bits per heavy atom. The summed E-state index contributed by atoms with van der Waals surface area (Å²) in [4.78, 5) is 26.0. The van der Waals surface area contributed by atoms with Gasteiger partial charge in [0.2, 0.25) is 10.0 Å². The molecule has 0 amide bonds. The molecule has 9 heteroatoms. The minimum absolute atomic E-state index is 0.0305. The SMILES string of the molecule is O=C(/C=C/c1ccc(N2CCCCC2)c([N+](=O)[O-])c1)c1ccc(S(=O)(=O)N2CCCC2)cc1. The van der Waals surface area contributed by atoms with E-state index in [1.807, 2.05) is 4.90 Å². The first kappa shape index (κ1) is 23.1. The van der Waals surface area contributed by atoms with E-state index < -0.39 is 10.0 Å². The molecule has 0 N–H and O–H groups in total. The van der Waals surface area contributed by atoms with E-state index >= 15 is 0 Å². The molecule has 0 aromatic heterocycles. The van der Waals surface area contributed by atoms with Crippen molar-refractivity contribution in [3.05, 3.63) is 69.8 Å². The van der Waals surface area contributed by atoms with Gasteiger partial charge in [-0.15, -0.1) is 0 Å². The van der Waals surface area contributed by atoms with Crippen LogP contribution in [0.3, 0.4) is 0 Å². The topological polar surface area (TPSA) is 101 Å². The van der Waals surface area contributed by atoms with Crippen LogP contribution in [0.4, 0.5) is 11.4 Å². The molecule has 33 heavy (non-hydrogen) atoms.